The van der Waals surface area contributed by atoms with Gasteiger partial charge in [-0.3, -0.25) is 0 Å². The minimum atomic E-state index is -0.374. The van der Waals surface area contributed by atoms with Crippen molar-refractivity contribution in [2.24, 2.45) is 0 Å². The van der Waals surface area contributed by atoms with E-state index in [0.717, 1.165) is 14.7 Å². The van der Waals surface area contributed by atoms with E-state index in [-0.39, 0.29) is 10.9 Å². The van der Waals surface area contributed by atoms with E-state index in [9.17, 15) is 0 Å². The third-order valence-corrected chi connectivity index (χ3v) is 5.89. The zero-order chi connectivity index (χ0) is 17.6. The van der Waals surface area contributed by atoms with Crippen molar-refractivity contribution in [2.75, 3.05) is 0 Å². The van der Waals surface area contributed by atoms with Gasteiger partial charge in [0.05, 0.1) is 45.8 Å². The smallest absolute Gasteiger partial charge is 0.166 e. The molecule has 0 aromatic heterocycles. The summed E-state index contributed by atoms with van der Waals surface area (Å²) in [4.78, 5) is 3.23. The van der Waals surface area contributed by atoms with E-state index in [2.05, 4.69) is 18.2 Å². The second kappa shape index (κ2) is 7.37. The van der Waals surface area contributed by atoms with Crippen LogP contribution in [-0.2, 0) is 10.9 Å². The van der Waals surface area contributed by atoms with Crippen molar-refractivity contribution in [3.05, 3.63) is 89.5 Å². The lowest BCUT2D eigenvalue weighted by molar-refractivity contribution is 1.30. The van der Waals surface area contributed by atoms with Crippen LogP contribution in [0, 0.1) is 34.0 Å². The summed E-state index contributed by atoms with van der Waals surface area (Å²) in [5, 5.41) is 27.0. The first-order valence-corrected chi connectivity index (χ1v) is 8.72. The predicted molar refractivity (Wildman–Crippen MR) is 95.6 cm³/mol. The highest BCUT2D eigenvalue weighted by Gasteiger charge is 2.28. The molecule has 0 saturated carbocycles. The molecule has 0 heterocycles. The Balaban J connectivity index is 2.10. The molecule has 0 atom stereocenters. The van der Waals surface area contributed by atoms with E-state index in [1.807, 2.05) is 72.8 Å². The van der Waals surface area contributed by atoms with Gasteiger partial charge in [-0.15, -0.1) is 0 Å². The van der Waals surface area contributed by atoms with Gasteiger partial charge < -0.3 is 0 Å². The Morgan fingerprint density at radius 1 is 0.440 bits per heavy atom. The van der Waals surface area contributed by atoms with Gasteiger partial charge in [-0.2, -0.15) is 15.8 Å². The van der Waals surface area contributed by atoms with Gasteiger partial charge in [0.1, 0.15) is 0 Å². The summed E-state index contributed by atoms with van der Waals surface area (Å²) in [6.07, 6.45) is 0. The van der Waals surface area contributed by atoms with Crippen molar-refractivity contribution in [1.29, 1.82) is 15.8 Å². The van der Waals surface area contributed by atoms with Crippen LogP contribution in [0.3, 0.4) is 0 Å². The molecule has 0 aliphatic heterocycles. The maximum Gasteiger partial charge on any atom is 0.166 e. The first-order valence-electron chi connectivity index (χ1n) is 7.50. The maximum atomic E-state index is 9.01. The highest BCUT2D eigenvalue weighted by molar-refractivity contribution is 7.97. The number of nitriles is 3. The van der Waals surface area contributed by atoms with Crippen molar-refractivity contribution in [3.8, 4) is 18.2 Å². The van der Waals surface area contributed by atoms with Crippen LogP contribution in [-0.4, -0.2) is 0 Å². The molecule has 0 saturated heterocycles. The molecule has 3 rings (SSSR count). The Bertz CT molecular complexity index is 863. The lowest BCUT2D eigenvalue weighted by Crippen LogP contribution is -2.05. The van der Waals surface area contributed by atoms with E-state index in [4.69, 9.17) is 15.8 Å². The van der Waals surface area contributed by atoms with E-state index in [1.54, 1.807) is 0 Å². The van der Waals surface area contributed by atoms with Crippen LogP contribution in [0.2, 0.25) is 0 Å². The number of rotatable bonds is 3. The quantitative estimate of drug-likeness (QED) is 0.665. The standard InChI is InChI=1S/C21H12N3S/c22-13-16-1-7-19(8-2-16)25(20-9-3-17(14-23)4-10-20)21-11-5-18(15-24)6-12-21/h1-12H/q+1. The van der Waals surface area contributed by atoms with Crippen LogP contribution in [0.5, 0.6) is 0 Å². The van der Waals surface area contributed by atoms with E-state index in [0.29, 0.717) is 16.7 Å². The molecule has 0 bridgehead atoms. The SMILES string of the molecule is N#Cc1ccc([S+](c2ccc(C#N)cc2)c2ccc(C#N)cc2)cc1. The molecule has 3 aromatic carbocycles. The second-order valence-electron chi connectivity index (χ2n) is 5.21. The van der Waals surface area contributed by atoms with Gasteiger partial charge in [0, 0.05) is 0 Å². The Hall–Kier alpha value is -3.52. The summed E-state index contributed by atoms with van der Waals surface area (Å²) >= 11 is 0. The molecular weight excluding hydrogens is 326 g/mol. The number of hydrogen-bond acceptors (Lipinski definition) is 3. The molecular formula is C21H12N3S+. The predicted octanol–water partition coefficient (Wildman–Crippen LogP) is 4.40. The van der Waals surface area contributed by atoms with E-state index in [1.165, 1.54) is 0 Å². The molecule has 0 N–H and O–H groups in total. The van der Waals surface area contributed by atoms with Crippen LogP contribution in [0.1, 0.15) is 16.7 Å². The third-order valence-electron chi connectivity index (χ3n) is 3.66. The van der Waals surface area contributed by atoms with E-state index >= 15 is 0 Å². The molecule has 25 heavy (non-hydrogen) atoms. The van der Waals surface area contributed by atoms with Gasteiger partial charge in [0.15, 0.2) is 14.7 Å². The highest BCUT2D eigenvalue weighted by atomic mass is 32.2. The molecule has 3 nitrogen and oxygen atoms in total. The average molecular weight is 338 g/mol. The molecule has 0 unspecified atom stereocenters. The summed E-state index contributed by atoms with van der Waals surface area (Å²) < 4.78 is 0. The van der Waals surface area contributed by atoms with Crippen LogP contribution >= 0.6 is 0 Å². The number of hydrogen-bond donors (Lipinski definition) is 0. The van der Waals surface area contributed by atoms with Gasteiger partial charge >= 0.3 is 0 Å². The topological polar surface area (TPSA) is 71.4 Å². The van der Waals surface area contributed by atoms with Crippen molar-refractivity contribution in [3.63, 3.8) is 0 Å². The number of benzene rings is 3. The van der Waals surface area contributed by atoms with Crippen molar-refractivity contribution < 1.29 is 0 Å². The Kier molecular flexibility index (Phi) is 4.82. The maximum absolute atomic E-state index is 9.01. The molecule has 0 radical (unpaired) electrons. The Morgan fingerprint density at radius 3 is 0.880 bits per heavy atom. The minimum Gasteiger partial charge on any atom is -0.192 e. The van der Waals surface area contributed by atoms with E-state index < -0.39 is 0 Å². The van der Waals surface area contributed by atoms with Gasteiger partial charge in [-0.25, -0.2) is 0 Å². The molecule has 0 aliphatic carbocycles. The van der Waals surface area contributed by atoms with Crippen LogP contribution in [0.4, 0.5) is 0 Å². The van der Waals surface area contributed by atoms with Gasteiger partial charge in [0.2, 0.25) is 0 Å². The first-order chi connectivity index (χ1) is 12.2. The molecule has 116 valence electrons. The molecule has 0 spiro atoms. The summed E-state index contributed by atoms with van der Waals surface area (Å²) in [6.45, 7) is 0. The third kappa shape index (κ3) is 3.54. The van der Waals surface area contributed by atoms with Crippen LogP contribution < -0.4 is 0 Å². The Labute approximate surface area is 149 Å². The molecule has 0 aliphatic rings. The fourth-order valence-corrected chi connectivity index (χ4v) is 4.45. The summed E-state index contributed by atoms with van der Waals surface area (Å²) in [7, 11) is -0.374. The highest BCUT2D eigenvalue weighted by Crippen LogP contribution is 2.31. The fourth-order valence-electron chi connectivity index (χ4n) is 2.40. The average Bonchev–Trinajstić information content (AvgIpc) is 2.70. The van der Waals surface area contributed by atoms with Gasteiger partial charge in [-0.1, -0.05) is 0 Å². The zero-order valence-electron chi connectivity index (χ0n) is 13.2. The molecule has 3 aromatic rings. The van der Waals surface area contributed by atoms with Gasteiger partial charge in [0.25, 0.3) is 0 Å². The zero-order valence-corrected chi connectivity index (χ0v) is 14.0. The monoisotopic (exact) mass is 338 g/mol. The van der Waals surface area contributed by atoms with Crippen molar-refractivity contribution in [1.82, 2.24) is 0 Å². The lowest BCUT2D eigenvalue weighted by Gasteiger charge is -2.08. The fraction of sp³-hybridized carbons (Fsp3) is 0. The first kappa shape index (κ1) is 16.3. The number of nitrogens with zero attached hydrogens (tertiary/aromatic N) is 3. The van der Waals surface area contributed by atoms with Gasteiger partial charge in [-0.05, 0) is 72.8 Å². The summed E-state index contributed by atoms with van der Waals surface area (Å²) in [5.41, 5.74) is 1.85. The van der Waals surface area contributed by atoms with Crippen molar-refractivity contribution >= 4 is 10.9 Å². The summed E-state index contributed by atoms with van der Waals surface area (Å²) in [5.74, 6) is 0. The minimum absolute atomic E-state index is 0.374. The van der Waals surface area contributed by atoms with Crippen molar-refractivity contribution in [2.45, 2.75) is 14.7 Å². The Morgan fingerprint density at radius 2 is 0.680 bits per heavy atom. The largest absolute Gasteiger partial charge is 0.192 e. The molecule has 0 amide bonds. The second-order valence-corrected chi connectivity index (χ2v) is 7.24. The normalized spacial score (nSPS) is 9.84. The lowest BCUT2D eigenvalue weighted by atomic mass is 10.2. The summed E-state index contributed by atoms with van der Waals surface area (Å²) in [6, 6.07) is 29.0. The molecule has 0 fully saturated rings. The van der Waals surface area contributed by atoms with Crippen LogP contribution in [0.15, 0.2) is 87.5 Å². The molecule has 4 heteroatoms. The van der Waals surface area contributed by atoms with Crippen LogP contribution in [0.25, 0.3) is 0 Å².